The van der Waals surface area contributed by atoms with Gasteiger partial charge in [0.15, 0.2) is 5.75 Å². The minimum absolute atomic E-state index is 0.0584. The van der Waals surface area contributed by atoms with Crippen LogP contribution in [0.15, 0.2) is 29.1 Å². The normalized spacial score (nSPS) is 10.7. The van der Waals surface area contributed by atoms with Crippen LogP contribution >= 0.6 is 0 Å². The summed E-state index contributed by atoms with van der Waals surface area (Å²) in [4.78, 5) is 12.0. The Bertz CT molecular complexity index is 705. The van der Waals surface area contributed by atoms with Crippen LogP contribution in [-0.2, 0) is 6.54 Å². The lowest BCUT2D eigenvalue weighted by Gasteiger charge is -2.17. The summed E-state index contributed by atoms with van der Waals surface area (Å²) in [7, 11) is 0. The van der Waals surface area contributed by atoms with Gasteiger partial charge in [0.1, 0.15) is 5.75 Å². The molecule has 0 amide bonds. The van der Waals surface area contributed by atoms with Gasteiger partial charge in [0.05, 0.1) is 12.3 Å². The molecular weight excluding hydrogens is 262 g/mol. The highest BCUT2D eigenvalue weighted by Gasteiger charge is 2.20. The number of aliphatic hydroxyl groups excluding tert-OH is 1. The van der Waals surface area contributed by atoms with Crippen molar-refractivity contribution < 1.29 is 20.4 Å². The summed E-state index contributed by atoms with van der Waals surface area (Å²) in [6.07, 6.45) is 0. The smallest absolute Gasteiger partial charge is 0.297 e. The Morgan fingerprint density at radius 1 is 1.10 bits per heavy atom. The number of phenols is 1. The monoisotopic (exact) mass is 277 g/mol. The van der Waals surface area contributed by atoms with Gasteiger partial charge in [-0.1, -0.05) is 12.1 Å². The Morgan fingerprint density at radius 2 is 1.75 bits per heavy atom. The third-order valence-corrected chi connectivity index (χ3v) is 3.14. The van der Waals surface area contributed by atoms with Crippen LogP contribution in [0.4, 0.5) is 0 Å². The van der Waals surface area contributed by atoms with Crippen LogP contribution < -0.4 is 5.56 Å². The molecular formula is C14H15NO5. The summed E-state index contributed by atoms with van der Waals surface area (Å²) < 4.78 is 1.12. The molecule has 6 nitrogen and oxygen atoms in total. The number of aliphatic hydroxyl groups is 1. The molecule has 0 saturated heterocycles. The lowest BCUT2D eigenvalue weighted by atomic mass is 10.0. The Labute approximate surface area is 114 Å². The number of hydrogen-bond donors (Lipinski definition) is 4. The number of phenolic OH excluding ortho intramolecular Hbond substituents is 1. The highest BCUT2D eigenvalue weighted by molar-refractivity contribution is 5.73. The fraction of sp³-hybridized carbons (Fsp3) is 0.214. The average Bonchev–Trinajstić information content (AvgIpc) is 2.44. The van der Waals surface area contributed by atoms with Crippen LogP contribution in [-0.4, -0.2) is 31.6 Å². The molecule has 0 unspecified atom stereocenters. The number of hydrogen-bond acceptors (Lipinski definition) is 5. The molecule has 6 heteroatoms. The number of nitrogens with zero attached hydrogens (tertiary/aromatic N) is 1. The molecule has 0 spiro atoms. The number of aromatic hydroxyl groups is 3. The zero-order chi connectivity index (χ0) is 14.9. The lowest BCUT2D eigenvalue weighted by Crippen LogP contribution is -2.24. The molecule has 4 N–H and O–H groups in total. The standard InChI is InChI=1S/C14H15NO5/c1-8-11(9-4-2-3-5-10(9)17)15(6-7-16)14(20)13(19)12(8)18/h2-5,16-19H,6-7H2,1H3. The molecule has 0 fully saturated rings. The first kappa shape index (κ1) is 14.0. The molecule has 0 aliphatic rings. The quantitative estimate of drug-likeness (QED) is 0.668. The second-order valence-corrected chi connectivity index (χ2v) is 4.37. The van der Waals surface area contributed by atoms with Gasteiger partial charge >= 0.3 is 0 Å². The predicted molar refractivity (Wildman–Crippen MR) is 73.0 cm³/mol. The van der Waals surface area contributed by atoms with E-state index < -0.39 is 17.1 Å². The maximum Gasteiger partial charge on any atom is 0.297 e. The lowest BCUT2D eigenvalue weighted by molar-refractivity contribution is 0.272. The second kappa shape index (κ2) is 5.26. The fourth-order valence-electron chi connectivity index (χ4n) is 2.16. The third kappa shape index (κ3) is 2.10. The highest BCUT2D eigenvalue weighted by atomic mass is 16.3. The van der Waals surface area contributed by atoms with Crippen LogP contribution in [0.3, 0.4) is 0 Å². The first-order chi connectivity index (χ1) is 9.49. The molecule has 1 aromatic heterocycles. The summed E-state index contributed by atoms with van der Waals surface area (Å²) in [5.41, 5.74) is 0.0285. The predicted octanol–water partition coefficient (Wildman–Crippen LogP) is 0.933. The third-order valence-electron chi connectivity index (χ3n) is 3.14. The van der Waals surface area contributed by atoms with Crippen LogP contribution in [0.25, 0.3) is 11.3 Å². The summed E-state index contributed by atoms with van der Waals surface area (Å²) in [5.74, 6) is -1.36. The van der Waals surface area contributed by atoms with Crippen molar-refractivity contribution in [2.45, 2.75) is 13.5 Å². The summed E-state index contributed by atoms with van der Waals surface area (Å²) in [6.45, 7) is 1.14. The van der Waals surface area contributed by atoms with Gasteiger partial charge in [0.2, 0.25) is 5.75 Å². The molecule has 0 atom stereocenters. The van der Waals surface area contributed by atoms with E-state index in [9.17, 15) is 20.1 Å². The largest absolute Gasteiger partial charge is 0.507 e. The van der Waals surface area contributed by atoms with Gasteiger partial charge in [-0.3, -0.25) is 4.79 Å². The van der Waals surface area contributed by atoms with Crippen LogP contribution in [0.5, 0.6) is 17.2 Å². The summed E-state index contributed by atoms with van der Waals surface area (Å²) in [5, 5.41) is 38.4. The first-order valence-corrected chi connectivity index (χ1v) is 6.03. The van der Waals surface area contributed by atoms with Crippen LogP contribution in [0.1, 0.15) is 5.56 Å². The van der Waals surface area contributed by atoms with Crippen molar-refractivity contribution in [3.8, 4) is 28.5 Å². The number of para-hydroxylation sites is 1. The van der Waals surface area contributed by atoms with Crippen LogP contribution in [0, 0.1) is 6.92 Å². The van der Waals surface area contributed by atoms with Gasteiger partial charge in [-0.25, -0.2) is 0 Å². The van der Waals surface area contributed by atoms with E-state index in [2.05, 4.69) is 0 Å². The van der Waals surface area contributed by atoms with E-state index in [1.165, 1.54) is 13.0 Å². The fourth-order valence-corrected chi connectivity index (χ4v) is 2.16. The van der Waals surface area contributed by atoms with Crippen LogP contribution in [0.2, 0.25) is 0 Å². The molecule has 1 heterocycles. The van der Waals surface area contributed by atoms with Gasteiger partial charge < -0.3 is 25.0 Å². The first-order valence-electron chi connectivity index (χ1n) is 6.03. The minimum atomic E-state index is -0.819. The molecule has 0 bridgehead atoms. The van der Waals surface area contributed by atoms with Gasteiger partial charge in [-0.2, -0.15) is 0 Å². The van der Waals surface area contributed by atoms with E-state index in [0.29, 0.717) is 5.56 Å². The second-order valence-electron chi connectivity index (χ2n) is 4.37. The minimum Gasteiger partial charge on any atom is -0.507 e. The van der Waals surface area contributed by atoms with Crippen molar-refractivity contribution in [1.29, 1.82) is 0 Å². The number of benzene rings is 1. The van der Waals surface area contributed by atoms with Gasteiger partial charge in [0, 0.05) is 17.7 Å². The summed E-state index contributed by atoms with van der Waals surface area (Å²) in [6, 6.07) is 6.34. The van der Waals surface area contributed by atoms with Gasteiger partial charge in [-0.15, -0.1) is 0 Å². The maximum atomic E-state index is 12.0. The SMILES string of the molecule is Cc1c(O)c(O)c(=O)n(CCO)c1-c1ccccc1O. The van der Waals surface area contributed by atoms with Crippen molar-refractivity contribution in [1.82, 2.24) is 4.57 Å². The Morgan fingerprint density at radius 3 is 2.35 bits per heavy atom. The highest BCUT2D eigenvalue weighted by Crippen LogP contribution is 2.36. The van der Waals surface area contributed by atoms with Gasteiger partial charge in [-0.05, 0) is 19.1 Å². The Hall–Kier alpha value is -2.47. The molecule has 1 aromatic carbocycles. The van der Waals surface area contributed by atoms with E-state index in [1.807, 2.05) is 0 Å². The molecule has 106 valence electrons. The van der Waals surface area contributed by atoms with E-state index >= 15 is 0 Å². The Balaban J connectivity index is 2.88. The van der Waals surface area contributed by atoms with Crippen molar-refractivity contribution >= 4 is 0 Å². The van der Waals surface area contributed by atoms with Crippen molar-refractivity contribution in [2.75, 3.05) is 6.61 Å². The topological polar surface area (TPSA) is 103 Å². The molecule has 0 radical (unpaired) electrons. The zero-order valence-electron chi connectivity index (χ0n) is 10.9. The molecule has 20 heavy (non-hydrogen) atoms. The number of rotatable bonds is 3. The van der Waals surface area contributed by atoms with E-state index in [-0.39, 0.29) is 30.2 Å². The molecule has 0 aliphatic carbocycles. The maximum absolute atomic E-state index is 12.0. The van der Waals surface area contributed by atoms with E-state index in [1.54, 1.807) is 18.2 Å². The number of aromatic nitrogens is 1. The van der Waals surface area contributed by atoms with E-state index in [4.69, 9.17) is 5.11 Å². The molecule has 2 rings (SSSR count). The van der Waals surface area contributed by atoms with Crippen molar-refractivity contribution in [3.63, 3.8) is 0 Å². The van der Waals surface area contributed by atoms with Gasteiger partial charge in [0.25, 0.3) is 5.56 Å². The molecule has 0 saturated carbocycles. The van der Waals surface area contributed by atoms with Crippen molar-refractivity contribution in [2.24, 2.45) is 0 Å². The Kier molecular flexibility index (Phi) is 3.67. The molecule has 0 aliphatic heterocycles. The van der Waals surface area contributed by atoms with Crippen molar-refractivity contribution in [3.05, 3.63) is 40.2 Å². The zero-order valence-corrected chi connectivity index (χ0v) is 10.9. The molecule has 2 aromatic rings. The number of pyridine rings is 1. The van der Waals surface area contributed by atoms with E-state index in [0.717, 1.165) is 4.57 Å². The summed E-state index contributed by atoms with van der Waals surface area (Å²) >= 11 is 0. The average molecular weight is 277 g/mol.